The number of likely N-dealkylation sites (tertiary alicyclic amines) is 1. The molecule has 0 saturated carbocycles. The molecule has 41 heavy (non-hydrogen) atoms. The van der Waals surface area contributed by atoms with Gasteiger partial charge in [-0.25, -0.2) is 9.97 Å². The Morgan fingerprint density at radius 3 is 2.63 bits per heavy atom. The summed E-state index contributed by atoms with van der Waals surface area (Å²) in [7, 11) is 0. The van der Waals surface area contributed by atoms with E-state index in [4.69, 9.17) is 9.97 Å². The molecule has 10 heteroatoms. The molecule has 1 fully saturated rings. The van der Waals surface area contributed by atoms with Crippen molar-refractivity contribution in [3.63, 3.8) is 0 Å². The van der Waals surface area contributed by atoms with Crippen LogP contribution in [-0.2, 0) is 12.8 Å². The summed E-state index contributed by atoms with van der Waals surface area (Å²) in [5.41, 5.74) is 6.43. The molecule has 0 spiro atoms. The first-order valence-corrected chi connectivity index (χ1v) is 16.2. The molecular weight excluding hydrogens is 553 g/mol. The highest BCUT2D eigenvalue weighted by atomic mass is 32.1. The molecule has 1 aromatic carbocycles. The van der Waals surface area contributed by atoms with Crippen molar-refractivity contribution >= 4 is 39.3 Å². The van der Waals surface area contributed by atoms with Crippen LogP contribution >= 0.6 is 23.1 Å². The molecule has 8 nitrogen and oxygen atoms in total. The summed E-state index contributed by atoms with van der Waals surface area (Å²) < 4.78 is 8.45. The third-order valence-electron chi connectivity index (χ3n) is 8.73. The van der Waals surface area contributed by atoms with Gasteiger partial charge >= 0.3 is 0 Å². The van der Waals surface area contributed by atoms with Crippen molar-refractivity contribution in [2.75, 3.05) is 19.6 Å². The lowest BCUT2D eigenvalue weighted by Crippen LogP contribution is -2.38. The summed E-state index contributed by atoms with van der Waals surface area (Å²) in [6.07, 6.45) is 7.08. The van der Waals surface area contributed by atoms with Crippen LogP contribution < -0.4 is 5.32 Å². The maximum absolute atomic E-state index is 13.6. The van der Waals surface area contributed by atoms with Gasteiger partial charge in [0.15, 0.2) is 5.01 Å². The van der Waals surface area contributed by atoms with Crippen molar-refractivity contribution in [2.24, 2.45) is 11.3 Å². The third-order valence-corrected chi connectivity index (χ3v) is 10.2. The van der Waals surface area contributed by atoms with E-state index in [1.54, 1.807) is 6.20 Å². The highest BCUT2D eigenvalue weighted by Crippen LogP contribution is 2.38. The molecule has 1 aliphatic heterocycles. The van der Waals surface area contributed by atoms with E-state index in [0.29, 0.717) is 10.9 Å². The zero-order valence-corrected chi connectivity index (χ0v) is 25.6. The zero-order chi connectivity index (χ0) is 28.6. The van der Waals surface area contributed by atoms with Gasteiger partial charge in [-0.1, -0.05) is 56.4 Å². The second-order valence-corrected chi connectivity index (χ2v) is 14.1. The van der Waals surface area contributed by atoms with Crippen LogP contribution in [0.2, 0.25) is 0 Å². The van der Waals surface area contributed by atoms with E-state index in [1.165, 1.54) is 28.6 Å². The molecule has 6 rings (SSSR count). The Balaban J connectivity index is 1.21. The standard InChI is InChI=1S/C31H38N6O2S2/c1-31(2,3)22-8-9-24-21(16-22)17-26-29(34-24)40-30(35-26)28(39)33-25(12-15-37-13-10-23(38)11-14-37)19-4-6-20(7-5-19)27-18-32-41-36-27/h4-7,17-18,22-23,25,38H,8-16H2,1-3H3,(H,33,39)/t22-,25+/m0/s1. The van der Waals surface area contributed by atoms with Gasteiger partial charge in [-0.05, 0) is 67.1 Å². The average molecular weight is 591 g/mol. The Labute approximate surface area is 249 Å². The number of aromatic nitrogens is 4. The fourth-order valence-corrected chi connectivity index (χ4v) is 7.30. The number of aliphatic hydroxyl groups excluding tert-OH is 1. The monoisotopic (exact) mass is 590 g/mol. The molecule has 1 amide bonds. The Bertz CT molecular complexity index is 1490. The van der Waals surface area contributed by atoms with Crippen LogP contribution in [0.25, 0.3) is 21.6 Å². The normalized spacial score (nSPS) is 19.3. The number of carbonyl (C=O) groups excluding carboxylic acids is 1. The van der Waals surface area contributed by atoms with Crippen LogP contribution in [0.4, 0.5) is 0 Å². The van der Waals surface area contributed by atoms with Gasteiger partial charge in [-0.3, -0.25) is 4.79 Å². The Morgan fingerprint density at radius 2 is 1.93 bits per heavy atom. The van der Waals surface area contributed by atoms with Crippen LogP contribution in [0.3, 0.4) is 0 Å². The van der Waals surface area contributed by atoms with Crippen LogP contribution in [0, 0.1) is 11.3 Å². The van der Waals surface area contributed by atoms with Crippen molar-refractivity contribution in [2.45, 2.75) is 71.4 Å². The van der Waals surface area contributed by atoms with Crippen LogP contribution in [-0.4, -0.2) is 60.4 Å². The first-order chi connectivity index (χ1) is 19.7. The van der Waals surface area contributed by atoms with E-state index in [2.05, 4.69) is 57.9 Å². The van der Waals surface area contributed by atoms with Gasteiger partial charge in [0.1, 0.15) is 16.0 Å². The molecule has 4 aromatic rings. The number of thiazole rings is 1. The third kappa shape index (κ3) is 6.51. The number of aliphatic hydroxyl groups is 1. The number of hydrogen-bond donors (Lipinski definition) is 2. The molecule has 3 aromatic heterocycles. The number of amides is 1. The van der Waals surface area contributed by atoms with E-state index in [9.17, 15) is 9.90 Å². The molecule has 0 bridgehead atoms. The number of aryl methyl sites for hydroxylation is 1. The minimum atomic E-state index is -0.202. The van der Waals surface area contributed by atoms with Gasteiger partial charge in [0.25, 0.3) is 5.91 Å². The van der Waals surface area contributed by atoms with Gasteiger partial charge in [0.2, 0.25) is 0 Å². The van der Waals surface area contributed by atoms with Gasteiger partial charge in [-0.2, -0.15) is 8.75 Å². The highest BCUT2D eigenvalue weighted by molar-refractivity contribution is 7.19. The molecule has 4 heterocycles. The largest absolute Gasteiger partial charge is 0.393 e. The number of pyridine rings is 1. The Morgan fingerprint density at radius 1 is 1.15 bits per heavy atom. The number of hydrogen-bond acceptors (Lipinski definition) is 9. The fraction of sp³-hybridized carbons (Fsp3) is 0.516. The van der Waals surface area contributed by atoms with E-state index >= 15 is 0 Å². The lowest BCUT2D eigenvalue weighted by atomic mass is 9.71. The summed E-state index contributed by atoms with van der Waals surface area (Å²) in [6, 6.07) is 10.2. The van der Waals surface area contributed by atoms with Crippen molar-refractivity contribution in [3.05, 3.63) is 58.4 Å². The van der Waals surface area contributed by atoms with Crippen LogP contribution in [0.15, 0.2) is 36.5 Å². The quantitative estimate of drug-likeness (QED) is 0.285. The SMILES string of the molecule is CC(C)(C)[C@H]1CCc2nc3sc(C(=O)N[C@H](CCN4CCC(O)CC4)c4ccc(-c5cnsn5)cc4)nc3cc2C1. The topological polar surface area (TPSA) is 104 Å². The van der Waals surface area contributed by atoms with Crippen LogP contribution in [0.1, 0.15) is 79.1 Å². The van der Waals surface area contributed by atoms with E-state index in [-0.39, 0.29) is 23.5 Å². The number of fused-ring (bicyclic) bond motifs is 2. The molecule has 216 valence electrons. The number of rotatable bonds is 7. The smallest absolute Gasteiger partial charge is 0.280 e. The molecule has 2 aliphatic rings. The van der Waals surface area contributed by atoms with Crippen LogP contribution in [0.5, 0.6) is 0 Å². The predicted octanol–water partition coefficient (Wildman–Crippen LogP) is 5.68. The molecule has 2 N–H and O–H groups in total. The molecule has 1 aliphatic carbocycles. The summed E-state index contributed by atoms with van der Waals surface area (Å²) in [5, 5.41) is 13.7. The zero-order valence-electron chi connectivity index (χ0n) is 24.0. The minimum Gasteiger partial charge on any atom is -0.393 e. The minimum absolute atomic E-state index is 0.162. The summed E-state index contributed by atoms with van der Waals surface area (Å²) >= 11 is 2.58. The number of benzene rings is 1. The maximum Gasteiger partial charge on any atom is 0.280 e. The number of piperidine rings is 1. The summed E-state index contributed by atoms with van der Waals surface area (Å²) in [5.74, 6) is 0.461. The number of nitrogens with one attached hydrogen (secondary N) is 1. The second-order valence-electron chi connectivity index (χ2n) is 12.5. The van der Waals surface area contributed by atoms with Crippen molar-refractivity contribution < 1.29 is 9.90 Å². The first kappa shape index (κ1) is 28.3. The summed E-state index contributed by atoms with van der Waals surface area (Å²) in [4.78, 5) is 26.5. The van der Waals surface area contributed by atoms with Crippen molar-refractivity contribution in [1.29, 1.82) is 0 Å². The average Bonchev–Trinajstić information content (AvgIpc) is 3.64. The lowest BCUT2D eigenvalue weighted by Gasteiger charge is -2.34. The van der Waals surface area contributed by atoms with E-state index < -0.39 is 0 Å². The first-order valence-electron chi connectivity index (χ1n) is 14.6. The maximum atomic E-state index is 13.6. The Kier molecular flexibility index (Phi) is 8.18. The summed E-state index contributed by atoms with van der Waals surface area (Å²) in [6.45, 7) is 9.54. The van der Waals surface area contributed by atoms with Crippen molar-refractivity contribution in [1.82, 2.24) is 28.9 Å². The fourth-order valence-electron chi connectivity index (χ4n) is 6.02. The predicted molar refractivity (Wildman–Crippen MR) is 164 cm³/mol. The molecule has 0 radical (unpaired) electrons. The molecule has 1 saturated heterocycles. The highest BCUT2D eigenvalue weighted by Gasteiger charge is 2.30. The number of nitrogens with zero attached hydrogens (tertiary/aromatic N) is 5. The van der Waals surface area contributed by atoms with Crippen molar-refractivity contribution in [3.8, 4) is 11.3 Å². The second kappa shape index (κ2) is 11.8. The number of carbonyl (C=O) groups is 1. The van der Waals surface area contributed by atoms with E-state index in [0.717, 1.165) is 91.0 Å². The van der Waals surface area contributed by atoms with Gasteiger partial charge in [-0.15, -0.1) is 0 Å². The van der Waals surface area contributed by atoms with Gasteiger partial charge in [0, 0.05) is 30.9 Å². The Hall–Kier alpha value is -2.79. The van der Waals surface area contributed by atoms with E-state index in [1.807, 2.05) is 12.1 Å². The molecule has 2 atom stereocenters. The lowest BCUT2D eigenvalue weighted by molar-refractivity contribution is 0.0795. The van der Waals surface area contributed by atoms with Gasteiger partial charge in [0.05, 0.1) is 30.1 Å². The van der Waals surface area contributed by atoms with Gasteiger partial charge < -0.3 is 15.3 Å². The molecular formula is C31H38N6O2S2. The molecule has 0 unspecified atom stereocenters.